The lowest BCUT2D eigenvalue weighted by Crippen LogP contribution is -2.30. The highest BCUT2D eigenvalue weighted by molar-refractivity contribution is 5.97. The van der Waals surface area contributed by atoms with Gasteiger partial charge in [-0.2, -0.15) is 5.10 Å². The maximum Gasteiger partial charge on any atom is 0.256 e. The van der Waals surface area contributed by atoms with Crippen LogP contribution in [-0.4, -0.2) is 44.8 Å². The van der Waals surface area contributed by atoms with Crippen LogP contribution in [0.1, 0.15) is 34.8 Å². The number of amides is 1. The predicted molar refractivity (Wildman–Crippen MR) is 132 cm³/mol. The monoisotopic (exact) mass is 441 g/mol. The van der Waals surface area contributed by atoms with Crippen LogP contribution in [0.4, 0.5) is 0 Å². The average Bonchev–Trinajstić information content (AvgIpc) is 3.51. The largest absolute Gasteiger partial charge is 0.352 e. The number of hydrogen-bond donors (Lipinski definition) is 1. The van der Waals surface area contributed by atoms with Gasteiger partial charge in [0.15, 0.2) is 5.82 Å². The van der Waals surface area contributed by atoms with Crippen molar-refractivity contribution < 1.29 is 4.79 Å². The highest BCUT2D eigenvalue weighted by Gasteiger charge is 2.19. The van der Waals surface area contributed by atoms with Crippen LogP contribution in [-0.2, 0) is 6.54 Å². The minimum atomic E-state index is -0.108. The maximum absolute atomic E-state index is 13.1. The molecule has 0 fully saturated rings. The minimum absolute atomic E-state index is 0.108. The Kier molecular flexibility index (Phi) is 7.37. The van der Waals surface area contributed by atoms with Gasteiger partial charge in [-0.05, 0) is 55.3 Å². The molecule has 0 unspecified atom stereocenters. The third-order valence-electron chi connectivity index (χ3n) is 5.72. The molecular formula is C27H31N5O. The van der Waals surface area contributed by atoms with Crippen molar-refractivity contribution in [1.29, 1.82) is 0 Å². The molecule has 170 valence electrons. The number of nitrogens with one attached hydrogen (secondary N) is 1. The van der Waals surface area contributed by atoms with E-state index in [4.69, 9.17) is 0 Å². The van der Waals surface area contributed by atoms with Gasteiger partial charge in [0.1, 0.15) is 5.56 Å². The van der Waals surface area contributed by atoms with E-state index < -0.39 is 0 Å². The second-order valence-corrected chi connectivity index (χ2v) is 8.19. The number of benzene rings is 2. The van der Waals surface area contributed by atoms with Gasteiger partial charge in [-0.15, -0.1) is 0 Å². The molecule has 2 aromatic heterocycles. The highest BCUT2D eigenvalue weighted by atomic mass is 16.1. The summed E-state index contributed by atoms with van der Waals surface area (Å²) in [4.78, 5) is 15.5. The first-order valence-corrected chi connectivity index (χ1v) is 11.5. The molecule has 6 heteroatoms. The number of carbonyl (C=O) groups is 1. The van der Waals surface area contributed by atoms with E-state index in [1.807, 2.05) is 65.0 Å². The highest BCUT2D eigenvalue weighted by Crippen LogP contribution is 2.20. The molecule has 33 heavy (non-hydrogen) atoms. The van der Waals surface area contributed by atoms with E-state index in [0.717, 1.165) is 43.1 Å². The SMILES string of the molecule is CCN(CCCNC(=O)c1cnn(-c2cccc(C)c2)c1-n1cccc1)Cc1ccccc1. The van der Waals surface area contributed by atoms with E-state index in [0.29, 0.717) is 12.1 Å². The number of nitrogens with zero attached hydrogens (tertiary/aromatic N) is 4. The summed E-state index contributed by atoms with van der Waals surface area (Å²) in [5, 5.41) is 7.64. The molecule has 0 atom stereocenters. The van der Waals surface area contributed by atoms with Gasteiger partial charge in [0.25, 0.3) is 5.91 Å². The van der Waals surface area contributed by atoms with Crippen molar-refractivity contribution in [2.45, 2.75) is 26.8 Å². The Morgan fingerprint density at radius 2 is 1.82 bits per heavy atom. The quantitative estimate of drug-likeness (QED) is 0.366. The summed E-state index contributed by atoms with van der Waals surface area (Å²) in [5.74, 6) is 0.631. The average molecular weight is 442 g/mol. The zero-order valence-electron chi connectivity index (χ0n) is 19.3. The lowest BCUT2D eigenvalue weighted by Gasteiger charge is -2.20. The fraction of sp³-hybridized carbons (Fsp3) is 0.259. The third kappa shape index (κ3) is 5.59. The first kappa shape index (κ1) is 22.6. The Labute approximate surface area is 195 Å². The summed E-state index contributed by atoms with van der Waals surface area (Å²) in [6, 6.07) is 22.5. The predicted octanol–water partition coefficient (Wildman–Crippen LogP) is 4.61. The van der Waals surface area contributed by atoms with Crippen molar-refractivity contribution in [2.24, 2.45) is 0 Å². The Morgan fingerprint density at radius 1 is 1.03 bits per heavy atom. The molecule has 0 aliphatic carbocycles. The van der Waals surface area contributed by atoms with Gasteiger partial charge in [-0.25, -0.2) is 4.68 Å². The molecule has 0 radical (unpaired) electrons. The van der Waals surface area contributed by atoms with Crippen molar-refractivity contribution >= 4 is 5.91 Å². The molecule has 0 saturated heterocycles. The molecule has 1 N–H and O–H groups in total. The number of aryl methyl sites for hydroxylation is 1. The minimum Gasteiger partial charge on any atom is -0.352 e. The van der Waals surface area contributed by atoms with Gasteiger partial charge in [0.2, 0.25) is 0 Å². The summed E-state index contributed by atoms with van der Waals surface area (Å²) in [5.41, 5.74) is 3.94. The molecule has 0 saturated carbocycles. The lowest BCUT2D eigenvalue weighted by molar-refractivity contribution is 0.0951. The Balaban J connectivity index is 1.42. The molecule has 2 heterocycles. The Bertz CT molecular complexity index is 1160. The first-order chi connectivity index (χ1) is 16.2. The van der Waals surface area contributed by atoms with Gasteiger partial charge in [0, 0.05) is 32.0 Å². The standard InChI is InChI=1S/C27H31N5O/c1-3-30(21-23-12-5-4-6-13-23)16-10-15-28-26(33)25-20-29-32(24-14-9-11-22(2)19-24)27(25)31-17-7-8-18-31/h4-9,11-14,17-20H,3,10,15-16,21H2,1-2H3,(H,28,33). The molecule has 0 aliphatic rings. The number of carbonyl (C=O) groups excluding carboxylic acids is 1. The summed E-state index contributed by atoms with van der Waals surface area (Å²) in [6.45, 7) is 7.66. The normalized spacial score (nSPS) is 11.1. The zero-order chi connectivity index (χ0) is 23.0. The van der Waals surface area contributed by atoms with Gasteiger partial charge in [-0.1, -0.05) is 49.4 Å². The molecular weight excluding hydrogens is 410 g/mol. The van der Waals surface area contributed by atoms with E-state index in [9.17, 15) is 4.79 Å². The van der Waals surface area contributed by atoms with Crippen LogP contribution >= 0.6 is 0 Å². The van der Waals surface area contributed by atoms with Crippen LogP contribution in [0, 0.1) is 6.92 Å². The fourth-order valence-electron chi connectivity index (χ4n) is 3.97. The van der Waals surface area contributed by atoms with Crippen molar-refractivity contribution in [3.63, 3.8) is 0 Å². The van der Waals surface area contributed by atoms with Crippen LogP contribution < -0.4 is 5.32 Å². The van der Waals surface area contributed by atoms with Crippen molar-refractivity contribution in [1.82, 2.24) is 24.6 Å². The summed E-state index contributed by atoms with van der Waals surface area (Å²) in [7, 11) is 0. The second kappa shape index (κ2) is 10.8. The van der Waals surface area contributed by atoms with Crippen LogP contribution in [0.25, 0.3) is 11.5 Å². The Morgan fingerprint density at radius 3 is 2.55 bits per heavy atom. The lowest BCUT2D eigenvalue weighted by atomic mass is 10.2. The molecule has 4 rings (SSSR count). The number of hydrogen-bond acceptors (Lipinski definition) is 3. The molecule has 2 aromatic carbocycles. The van der Waals surface area contributed by atoms with Crippen LogP contribution in [0.15, 0.2) is 85.3 Å². The Hall–Kier alpha value is -3.64. The molecule has 1 amide bonds. The fourth-order valence-corrected chi connectivity index (χ4v) is 3.97. The van der Waals surface area contributed by atoms with Crippen LogP contribution in [0.2, 0.25) is 0 Å². The van der Waals surface area contributed by atoms with E-state index in [2.05, 4.69) is 52.6 Å². The smallest absolute Gasteiger partial charge is 0.256 e. The summed E-state index contributed by atoms with van der Waals surface area (Å²) in [6.07, 6.45) is 6.41. The van der Waals surface area contributed by atoms with Crippen LogP contribution in [0.5, 0.6) is 0 Å². The molecule has 0 spiro atoms. The van der Waals surface area contributed by atoms with E-state index in [1.54, 1.807) is 6.20 Å². The number of rotatable bonds is 10. The van der Waals surface area contributed by atoms with E-state index >= 15 is 0 Å². The van der Waals surface area contributed by atoms with E-state index in [1.165, 1.54) is 5.56 Å². The van der Waals surface area contributed by atoms with Crippen molar-refractivity contribution in [2.75, 3.05) is 19.6 Å². The van der Waals surface area contributed by atoms with Gasteiger partial charge in [-0.3, -0.25) is 9.69 Å². The first-order valence-electron chi connectivity index (χ1n) is 11.5. The van der Waals surface area contributed by atoms with Gasteiger partial charge >= 0.3 is 0 Å². The molecule has 0 aliphatic heterocycles. The maximum atomic E-state index is 13.1. The summed E-state index contributed by atoms with van der Waals surface area (Å²) < 4.78 is 3.75. The van der Waals surface area contributed by atoms with E-state index in [-0.39, 0.29) is 5.91 Å². The summed E-state index contributed by atoms with van der Waals surface area (Å²) >= 11 is 0. The number of aromatic nitrogens is 3. The molecule has 4 aromatic rings. The molecule has 0 bridgehead atoms. The third-order valence-corrected chi connectivity index (χ3v) is 5.72. The zero-order valence-corrected chi connectivity index (χ0v) is 19.3. The van der Waals surface area contributed by atoms with Gasteiger partial charge in [0.05, 0.1) is 11.9 Å². The molecule has 6 nitrogen and oxygen atoms in total. The van der Waals surface area contributed by atoms with Crippen molar-refractivity contribution in [3.8, 4) is 11.5 Å². The van der Waals surface area contributed by atoms with Crippen molar-refractivity contribution in [3.05, 3.63) is 102 Å². The topological polar surface area (TPSA) is 55.1 Å². The second-order valence-electron chi connectivity index (χ2n) is 8.19. The van der Waals surface area contributed by atoms with Gasteiger partial charge < -0.3 is 9.88 Å². The van der Waals surface area contributed by atoms with Crippen LogP contribution in [0.3, 0.4) is 0 Å².